The van der Waals surface area contributed by atoms with Crippen LogP contribution in [0.5, 0.6) is 0 Å². The number of carbonyl (C=O) groups excluding carboxylic acids is 1. The molecule has 1 fully saturated rings. The summed E-state index contributed by atoms with van der Waals surface area (Å²) in [4.78, 5) is 13.6. The predicted molar refractivity (Wildman–Crippen MR) is 64.3 cm³/mol. The van der Waals surface area contributed by atoms with E-state index in [-0.39, 0.29) is 11.7 Å². The molecule has 1 heterocycles. The van der Waals surface area contributed by atoms with Gasteiger partial charge >= 0.3 is 0 Å². The molecule has 0 spiro atoms. The Kier molecular flexibility index (Phi) is 3.74. The standard InChI is InChI=1S/C13H17FN2O/c1-16(6-5-10-8-15-9-10)13(17)11-3-2-4-12(14)7-11/h2-4,7,10,15H,5-6,8-9H2,1H3. The summed E-state index contributed by atoms with van der Waals surface area (Å²) >= 11 is 0. The highest BCUT2D eigenvalue weighted by atomic mass is 19.1. The lowest BCUT2D eigenvalue weighted by Gasteiger charge is -2.29. The fraction of sp³-hybridized carbons (Fsp3) is 0.462. The molecule has 0 radical (unpaired) electrons. The molecule has 0 bridgehead atoms. The number of nitrogens with zero attached hydrogens (tertiary/aromatic N) is 1. The van der Waals surface area contributed by atoms with Gasteiger partial charge in [0.05, 0.1) is 0 Å². The van der Waals surface area contributed by atoms with Crippen molar-refractivity contribution in [3.05, 3.63) is 35.6 Å². The number of benzene rings is 1. The van der Waals surface area contributed by atoms with Gasteiger partial charge in [0.2, 0.25) is 0 Å². The summed E-state index contributed by atoms with van der Waals surface area (Å²) in [6.45, 7) is 2.81. The van der Waals surface area contributed by atoms with Crippen LogP contribution in [0.3, 0.4) is 0 Å². The molecular formula is C13H17FN2O. The largest absolute Gasteiger partial charge is 0.342 e. The van der Waals surface area contributed by atoms with Gasteiger partial charge in [0, 0.05) is 19.2 Å². The Morgan fingerprint density at radius 1 is 1.53 bits per heavy atom. The summed E-state index contributed by atoms with van der Waals surface area (Å²) in [7, 11) is 1.76. The van der Waals surface area contributed by atoms with Gasteiger partial charge in [-0.2, -0.15) is 0 Å². The van der Waals surface area contributed by atoms with Crippen LogP contribution < -0.4 is 5.32 Å². The topological polar surface area (TPSA) is 32.3 Å². The van der Waals surface area contributed by atoms with Crippen LogP contribution in [0.15, 0.2) is 24.3 Å². The number of amides is 1. The molecule has 0 saturated carbocycles. The maximum atomic E-state index is 13.0. The van der Waals surface area contributed by atoms with Gasteiger partial charge in [0.1, 0.15) is 5.82 Å². The first-order valence-electron chi connectivity index (χ1n) is 5.88. The average Bonchev–Trinajstić information content (AvgIpc) is 2.25. The highest BCUT2D eigenvalue weighted by Crippen LogP contribution is 2.11. The van der Waals surface area contributed by atoms with Crippen LogP contribution in [-0.4, -0.2) is 37.5 Å². The highest BCUT2D eigenvalue weighted by molar-refractivity contribution is 5.94. The van der Waals surface area contributed by atoms with Gasteiger partial charge in [-0.3, -0.25) is 4.79 Å². The van der Waals surface area contributed by atoms with Crippen molar-refractivity contribution in [3.63, 3.8) is 0 Å². The molecule has 92 valence electrons. The van der Waals surface area contributed by atoms with Crippen LogP contribution in [0, 0.1) is 11.7 Å². The van der Waals surface area contributed by atoms with Crippen molar-refractivity contribution in [1.82, 2.24) is 10.2 Å². The lowest BCUT2D eigenvalue weighted by atomic mass is 9.99. The molecular weight excluding hydrogens is 219 g/mol. The fourth-order valence-corrected chi connectivity index (χ4v) is 1.87. The lowest BCUT2D eigenvalue weighted by Crippen LogP contribution is -2.43. The summed E-state index contributed by atoms with van der Waals surface area (Å²) in [6, 6.07) is 5.83. The minimum Gasteiger partial charge on any atom is -0.342 e. The van der Waals surface area contributed by atoms with E-state index in [9.17, 15) is 9.18 Å². The second kappa shape index (κ2) is 5.27. The normalized spacial score (nSPS) is 15.4. The molecule has 3 nitrogen and oxygen atoms in total. The zero-order chi connectivity index (χ0) is 12.3. The van der Waals surface area contributed by atoms with E-state index < -0.39 is 0 Å². The zero-order valence-corrected chi connectivity index (χ0v) is 9.95. The molecule has 1 amide bonds. The number of carbonyl (C=O) groups is 1. The predicted octanol–water partition coefficient (Wildman–Crippen LogP) is 1.51. The van der Waals surface area contributed by atoms with Gasteiger partial charge in [-0.1, -0.05) is 6.07 Å². The SMILES string of the molecule is CN(CCC1CNC1)C(=O)c1cccc(F)c1. The first kappa shape index (κ1) is 12.0. The van der Waals surface area contributed by atoms with Crippen LogP contribution in [-0.2, 0) is 0 Å². The van der Waals surface area contributed by atoms with Crippen LogP contribution in [0.4, 0.5) is 4.39 Å². The molecule has 1 aliphatic heterocycles. The Morgan fingerprint density at radius 2 is 2.29 bits per heavy atom. The van der Waals surface area contributed by atoms with E-state index in [1.165, 1.54) is 12.1 Å². The molecule has 0 aromatic heterocycles. The molecule has 2 rings (SSSR count). The molecule has 4 heteroatoms. The lowest BCUT2D eigenvalue weighted by molar-refractivity contribution is 0.0782. The molecule has 1 aromatic carbocycles. The Hall–Kier alpha value is -1.42. The summed E-state index contributed by atoms with van der Waals surface area (Å²) in [6.07, 6.45) is 1.00. The average molecular weight is 236 g/mol. The van der Waals surface area contributed by atoms with E-state index in [4.69, 9.17) is 0 Å². The Balaban J connectivity index is 1.89. The summed E-state index contributed by atoms with van der Waals surface area (Å²) in [5, 5.41) is 3.20. The number of hydrogen-bond acceptors (Lipinski definition) is 2. The van der Waals surface area contributed by atoms with Crippen molar-refractivity contribution in [2.75, 3.05) is 26.7 Å². The van der Waals surface area contributed by atoms with E-state index in [1.807, 2.05) is 0 Å². The van der Waals surface area contributed by atoms with Gasteiger partial charge < -0.3 is 10.2 Å². The smallest absolute Gasteiger partial charge is 0.253 e. The van der Waals surface area contributed by atoms with E-state index in [0.717, 1.165) is 26.1 Å². The number of rotatable bonds is 4. The highest BCUT2D eigenvalue weighted by Gasteiger charge is 2.19. The van der Waals surface area contributed by atoms with Crippen molar-refractivity contribution < 1.29 is 9.18 Å². The van der Waals surface area contributed by atoms with E-state index in [1.54, 1.807) is 24.1 Å². The van der Waals surface area contributed by atoms with Crippen molar-refractivity contribution in [2.24, 2.45) is 5.92 Å². The van der Waals surface area contributed by atoms with Crippen LogP contribution in [0.1, 0.15) is 16.8 Å². The maximum absolute atomic E-state index is 13.0. The Labute approximate surface area is 101 Å². The number of hydrogen-bond donors (Lipinski definition) is 1. The summed E-state index contributed by atoms with van der Waals surface area (Å²) in [5.41, 5.74) is 0.416. The zero-order valence-electron chi connectivity index (χ0n) is 9.95. The second-order valence-corrected chi connectivity index (χ2v) is 4.55. The van der Waals surface area contributed by atoms with Crippen molar-refractivity contribution >= 4 is 5.91 Å². The van der Waals surface area contributed by atoms with Gasteiger partial charge in [0.25, 0.3) is 5.91 Å². The number of nitrogens with one attached hydrogen (secondary N) is 1. The molecule has 1 N–H and O–H groups in total. The first-order chi connectivity index (χ1) is 8.16. The second-order valence-electron chi connectivity index (χ2n) is 4.55. The monoisotopic (exact) mass is 236 g/mol. The minimum absolute atomic E-state index is 0.114. The third kappa shape index (κ3) is 3.03. The fourth-order valence-electron chi connectivity index (χ4n) is 1.87. The summed E-state index contributed by atoms with van der Waals surface area (Å²) < 4.78 is 13.0. The third-order valence-electron chi connectivity index (χ3n) is 3.16. The van der Waals surface area contributed by atoms with Gasteiger partial charge in [0.15, 0.2) is 0 Å². The molecule has 1 aromatic rings. The molecule has 1 saturated heterocycles. The Bertz CT molecular complexity index is 404. The van der Waals surface area contributed by atoms with Crippen LogP contribution in [0.25, 0.3) is 0 Å². The molecule has 1 aliphatic rings. The first-order valence-corrected chi connectivity index (χ1v) is 5.88. The maximum Gasteiger partial charge on any atom is 0.253 e. The summed E-state index contributed by atoms with van der Waals surface area (Å²) in [5.74, 6) is 0.196. The number of halogens is 1. The molecule has 0 unspecified atom stereocenters. The van der Waals surface area contributed by atoms with Crippen molar-refractivity contribution in [1.29, 1.82) is 0 Å². The van der Waals surface area contributed by atoms with Gasteiger partial charge in [-0.05, 0) is 43.6 Å². The van der Waals surface area contributed by atoms with Gasteiger partial charge in [-0.25, -0.2) is 4.39 Å². The van der Waals surface area contributed by atoms with Crippen molar-refractivity contribution in [3.8, 4) is 0 Å². The van der Waals surface area contributed by atoms with E-state index in [2.05, 4.69) is 5.32 Å². The molecule has 0 atom stereocenters. The third-order valence-corrected chi connectivity index (χ3v) is 3.16. The van der Waals surface area contributed by atoms with Crippen LogP contribution in [0.2, 0.25) is 0 Å². The Morgan fingerprint density at radius 3 is 2.88 bits per heavy atom. The van der Waals surface area contributed by atoms with Gasteiger partial charge in [-0.15, -0.1) is 0 Å². The molecule has 0 aliphatic carbocycles. The quantitative estimate of drug-likeness (QED) is 0.859. The minimum atomic E-state index is -0.368. The van der Waals surface area contributed by atoms with E-state index >= 15 is 0 Å². The van der Waals surface area contributed by atoms with Crippen LogP contribution >= 0.6 is 0 Å². The van der Waals surface area contributed by atoms with E-state index in [0.29, 0.717) is 11.5 Å². The van der Waals surface area contributed by atoms with Crippen molar-refractivity contribution in [2.45, 2.75) is 6.42 Å². The molecule has 17 heavy (non-hydrogen) atoms.